The fourth-order valence-corrected chi connectivity index (χ4v) is 2.92. The van der Waals surface area contributed by atoms with Crippen molar-refractivity contribution in [2.45, 2.75) is 0 Å². The molecule has 8 heteroatoms. The minimum atomic E-state index is -0.382. The second-order valence-electron chi connectivity index (χ2n) is 5.59. The SMILES string of the molecule is COc1ncccc1C(=O)N1CCN(c2ccccc2[N+](=O)[O-])CC1. The zero-order valence-corrected chi connectivity index (χ0v) is 13.8. The van der Waals surface area contributed by atoms with Crippen LogP contribution in [0, 0.1) is 10.1 Å². The molecule has 2 aromatic rings. The molecule has 25 heavy (non-hydrogen) atoms. The number of benzene rings is 1. The van der Waals surface area contributed by atoms with Gasteiger partial charge in [-0.3, -0.25) is 14.9 Å². The number of nitrogens with zero attached hydrogens (tertiary/aromatic N) is 4. The Morgan fingerprint density at radius 2 is 1.88 bits per heavy atom. The molecule has 130 valence electrons. The van der Waals surface area contributed by atoms with Gasteiger partial charge in [0.05, 0.1) is 12.0 Å². The maximum atomic E-state index is 12.7. The van der Waals surface area contributed by atoms with Crippen molar-refractivity contribution in [2.75, 3.05) is 38.2 Å². The zero-order chi connectivity index (χ0) is 17.8. The number of aromatic nitrogens is 1. The molecular formula is C17H18N4O4. The van der Waals surface area contributed by atoms with Gasteiger partial charge < -0.3 is 14.5 Å². The highest BCUT2D eigenvalue weighted by Gasteiger charge is 2.27. The molecule has 2 heterocycles. The van der Waals surface area contributed by atoms with Crippen LogP contribution in [-0.4, -0.2) is 54.0 Å². The van der Waals surface area contributed by atoms with Gasteiger partial charge in [0.2, 0.25) is 5.88 Å². The lowest BCUT2D eigenvalue weighted by atomic mass is 10.2. The van der Waals surface area contributed by atoms with E-state index in [-0.39, 0.29) is 16.5 Å². The third-order valence-corrected chi connectivity index (χ3v) is 4.18. The molecule has 1 fully saturated rings. The molecule has 0 spiro atoms. The van der Waals surface area contributed by atoms with Gasteiger partial charge in [0.25, 0.3) is 11.6 Å². The standard InChI is InChI=1S/C17H18N4O4/c1-25-16-13(5-4-8-18-16)17(22)20-11-9-19(10-12-20)14-6-2-3-7-15(14)21(23)24/h2-8H,9-12H2,1H3. The second-order valence-corrected chi connectivity index (χ2v) is 5.59. The fraction of sp³-hybridized carbons (Fsp3) is 0.294. The van der Waals surface area contributed by atoms with E-state index >= 15 is 0 Å². The number of methoxy groups -OCH3 is 1. The minimum absolute atomic E-state index is 0.0798. The Labute approximate surface area is 144 Å². The van der Waals surface area contributed by atoms with Crippen molar-refractivity contribution in [1.82, 2.24) is 9.88 Å². The number of para-hydroxylation sites is 2. The van der Waals surface area contributed by atoms with Crippen LogP contribution in [0.2, 0.25) is 0 Å². The number of nitro benzene ring substituents is 1. The summed E-state index contributed by atoms with van der Waals surface area (Å²) >= 11 is 0. The first-order valence-corrected chi connectivity index (χ1v) is 7.88. The van der Waals surface area contributed by atoms with Crippen LogP contribution in [0.15, 0.2) is 42.6 Å². The van der Waals surface area contributed by atoms with Crippen molar-refractivity contribution in [1.29, 1.82) is 0 Å². The third-order valence-electron chi connectivity index (χ3n) is 4.18. The van der Waals surface area contributed by atoms with Crippen molar-refractivity contribution >= 4 is 17.3 Å². The summed E-state index contributed by atoms with van der Waals surface area (Å²) in [6.45, 7) is 2.00. The van der Waals surface area contributed by atoms with Gasteiger partial charge in [-0.15, -0.1) is 0 Å². The van der Waals surface area contributed by atoms with Crippen LogP contribution in [0.3, 0.4) is 0 Å². The Balaban J connectivity index is 1.72. The smallest absolute Gasteiger partial charge is 0.292 e. The lowest BCUT2D eigenvalue weighted by Gasteiger charge is -2.35. The maximum absolute atomic E-state index is 12.7. The molecule has 0 bridgehead atoms. The average molecular weight is 342 g/mol. The largest absolute Gasteiger partial charge is 0.480 e. The summed E-state index contributed by atoms with van der Waals surface area (Å²) in [6, 6.07) is 10.0. The molecular weight excluding hydrogens is 324 g/mol. The maximum Gasteiger partial charge on any atom is 0.292 e. The summed E-state index contributed by atoms with van der Waals surface area (Å²) < 4.78 is 5.15. The van der Waals surface area contributed by atoms with E-state index in [1.807, 2.05) is 4.90 Å². The van der Waals surface area contributed by atoms with Gasteiger partial charge in [-0.25, -0.2) is 4.98 Å². The molecule has 0 aliphatic carbocycles. The number of carbonyl (C=O) groups excluding carboxylic acids is 1. The quantitative estimate of drug-likeness (QED) is 0.623. The van der Waals surface area contributed by atoms with E-state index in [0.29, 0.717) is 43.3 Å². The average Bonchev–Trinajstić information content (AvgIpc) is 2.67. The number of amides is 1. The third kappa shape index (κ3) is 3.37. The number of pyridine rings is 1. The van der Waals surface area contributed by atoms with E-state index in [2.05, 4.69) is 4.98 Å². The molecule has 0 unspecified atom stereocenters. The van der Waals surface area contributed by atoms with Gasteiger partial charge in [0.1, 0.15) is 11.3 Å². The predicted molar refractivity (Wildman–Crippen MR) is 92.0 cm³/mol. The van der Waals surface area contributed by atoms with Crippen LogP contribution in [0.5, 0.6) is 5.88 Å². The van der Waals surface area contributed by atoms with Crippen LogP contribution in [0.4, 0.5) is 11.4 Å². The first-order chi connectivity index (χ1) is 12.1. The summed E-state index contributed by atoms with van der Waals surface area (Å²) in [5, 5.41) is 11.2. The summed E-state index contributed by atoms with van der Waals surface area (Å²) in [6.07, 6.45) is 1.57. The number of ether oxygens (including phenoxy) is 1. The Kier molecular flexibility index (Phi) is 4.78. The topological polar surface area (TPSA) is 88.8 Å². The normalized spacial score (nSPS) is 14.3. The molecule has 1 aliphatic rings. The number of carbonyl (C=O) groups is 1. The molecule has 1 aromatic heterocycles. The number of hydrogen-bond acceptors (Lipinski definition) is 6. The van der Waals surface area contributed by atoms with Gasteiger partial charge in [-0.1, -0.05) is 12.1 Å². The van der Waals surface area contributed by atoms with E-state index in [9.17, 15) is 14.9 Å². The van der Waals surface area contributed by atoms with Crippen molar-refractivity contribution in [2.24, 2.45) is 0 Å². The number of hydrogen-bond donors (Lipinski definition) is 0. The van der Waals surface area contributed by atoms with Crippen molar-refractivity contribution in [3.05, 3.63) is 58.3 Å². The highest BCUT2D eigenvalue weighted by atomic mass is 16.6. The summed E-state index contributed by atoms with van der Waals surface area (Å²) in [5.41, 5.74) is 1.08. The van der Waals surface area contributed by atoms with Crippen molar-refractivity contribution in [3.63, 3.8) is 0 Å². The highest BCUT2D eigenvalue weighted by molar-refractivity contribution is 5.96. The van der Waals surface area contributed by atoms with E-state index in [1.54, 1.807) is 41.4 Å². The molecule has 0 saturated carbocycles. The molecule has 8 nitrogen and oxygen atoms in total. The van der Waals surface area contributed by atoms with Crippen LogP contribution in [0.25, 0.3) is 0 Å². The Morgan fingerprint density at radius 1 is 1.16 bits per heavy atom. The van der Waals surface area contributed by atoms with Crippen LogP contribution < -0.4 is 9.64 Å². The van der Waals surface area contributed by atoms with E-state index in [4.69, 9.17) is 4.74 Å². The molecule has 1 aliphatic heterocycles. The number of nitro groups is 1. The fourth-order valence-electron chi connectivity index (χ4n) is 2.92. The van der Waals surface area contributed by atoms with Gasteiger partial charge in [-0.2, -0.15) is 0 Å². The van der Waals surface area contributed by atoms with Gasteiger partial charge in [-0.05, 0) is 18.2 Å². The monoisotopic (exact) mass is 342 g/mol. The molecule has 0 atom stereocenters. The molecule has 3 rings (SSSR count). The van der Waals surface area contributed by atoms with Crippen LogP contribution in [0.1, 0.15) is 10.4 Å². The second kappa shape index (κ2) is 7.16. The van der Waals surface area contributed by atoms with E-state index in [0.717, 1.165) is 0 Å². The Morgan fingerprint density at radius 3 is 2.56 bits per heavy atom. The van der Waals surface area contributed by atoms with Gasteiger partial charge in [0, 0.05) is 38.4 Å². The van der Waals surface area contributed by atoms with Crippen LogP contribution >= 0.6 is 0 Å². The van der Waals surface area contributed by atoms with Gasteiger partial charge in [0.15, 0.2) is 0 Å². The van der Waals surface area contributed by atoms with E-state index in [1.165, 1.54) is 13.2 Å². The molecule has 1 saturated heterocycles. The van der Waals surface area contributed by atoms with Crippen molar-refractivity contribution in [3.8, 4) is 5.88 Å². The van der Waals surface area contributed by atoms with Crippen LogP contribution in [-0.2, 0) is 0 Å². The first kappa shape index (κ1) is 16.7. The molecule has 1 aromatic carbocycles. The summed E-state index contributed by atoms with van der Waals surface area (Å²) in [5.74, 6) is 0.154. The number of anilines is 1. The van der Waals surface area contributed by atoms with E-state index < -0.39 is 0 Å². The summed E-state index contributed by atoms with van der Waals surface area (Å²) in [7, 11) is 1.48. The zero-order valence-electron chi connectivity index (χ0n) is 13.8. The van der Waals surface area contributed by atoms with Crippen molar-refractivity contribution < 1.29 is 14.5 Å². The first-order valence-electron chi connectivity index (χ1n) is 7.88. The Bertz CT molecular complexity index is 788. The lowest BCUT2D eigenvalue weighted by Crippen LogP contribution is -2.49. The molecule has 0 radical (unpaired) electrons. The highest BCUT2D eigenvalue weighted by Crippen LogP contribution is 2.28. The number of rotatable bonds is 4. The lowest BCUT2D eigenvalue weighted by molar-refractivity contribution is -0.384. The molecule has 1 amide bonds. The number of piperazine rings is 1. The molecule has 0 N–H and O–H groups in total. The predicted octanol–water partition coefficient (Wildman–Crippen LogP) is 1.96. The minimum Gasteiger partial charge on any atom is -0.480 e. The summed E-state index contributed by atoms with van der Waals surface area (Å²) in [4.78, 5) is 31.2. The Hall–Kier alpha value is -3.16. The van der Waals surface area contributed by atoms with Gasteiger partial charge >= 0.3 is 0 Å².